The molecule has 1 atom stereocenters. The van der Waals surface area contributed by atoms with Crippen LogP contribution in [0.2, 0.25) is 5.02 Å². The molecule has 3 nitrogen and oxygen atoms in total. The molecule has 5 heteroatoms. The molecular weight excluding hydrogens is 354 g/mol. The van der Waals surface area contributed by atoms with Crippen LogP contribution in [-0.2, 0) is 17.8 Å². The van der Waals surface area contributed by atoms with Gasteiger partial charge in [0, 0.05) is 14.8 Å². The van der Waals surface area contributed by atoms with Gasteiger partial charge in [-0.05, 0) is 29.3 Å². The molecule has 1 heterocycles. The molecule has 0 aliphatic rings. The number of hydrogen-bond donors (Lipinski definition) is 2. The summed E-state index contributed by atoms with van der Waals surface area (Å²) in [5, 5.41) is 13.9. The number of carbonyl (C=O) groups excluding carboxylic acids is 1. The predicted molar refractivity (Wildman–Crippen MR) is 102 cm³/mol. The first kappa shape index (κ1) is 17.7. The van der Waals surface area contributed by atoms with E-state index in [9.17, 15) is 9.90 Å². The van der Waals surface area contributed by atoms with Crippen LogP contribution in [0.15, 0.2) is 66.7 Å². The van der Waals surface area contributed by atoms with Crippen LogP contribution in [0.4, 0.5) is 0 Å². The first-order chi connectivity index (χ1) is 12.1. The van der Waals surface area contributed by atoms with Crippen molar-refractivity contribution in [3.63, 3.8) is 0 Å². The second-order valence-electron chi connectivity index (χ2n) is 5.66. The molecule has 2 aromatic carbocycles. The Morgan fingerprint density at radius 3 is 2.52 bits per heavy atom. The molecule has 0 saturated carbocycles. The van der Waals surface area contributed by atoms with Crippen molar-refractivity contribution < 1.29 is 9.90 Å². The van der Waals surface area contributed by atoms with Gasteiger partial charge in [-0.3, -0.25) is 4.79 Å². The highest BCUT2D eigenvalue weighted by Gasteiger charge is 2.13. The van der Waals surface area contributed by atoms with Crippen LogP contribution in [0, 0.1) is 0 Å². The zero-order valence-electron chi connectivity index (χ0n) is 13.5. The number of benzene rings is 2. The van der Waals surface area contributed by atoms with Crippen molar-refractivity contribution in [1.82, 2.24) is 5.32 Å². The zero-order chi connectivity index (χ0) is 17.6. The first-order valence-corrected chi connectivity index (χ1v) is 9.14. The van der Waals surface area contributed by atoms with Gasteiger partial charge in [-0.2, -0.15) is 0 Å². The third-order valence-electron chi connectivity index (χ3n) is 3.84. The SMILES string of the molecule is O=C(Cc1ccccc1Cl)NCc1ccc(C(O)c2ccccc2)s1. The molecule has 1 aromatic heterocycles. The highest BCUT2D eigenvalue weighted by molar-refractivity contribution is 7.12. The smallest absolute Gasteiger partial charge is 0.224 e. The molecule has 0 radical (unpaired) electrons. The highest BCUT2D eigenvalue weighted by atomic mass is 35.5. The lowest BCUT2D eigenvalue weighted by Crippen LogP contribution is -2.24. The van der Waals surface area contributed by atoms with Gasteiger partial charge >= 0.3 is 0 Å². The predicted octanol–water partition coefficient (Wildman–Crippen LogP) is 4.34. The van der Waals surface area contributed by atoms with Crippen LogP contribution in [0.25, 0.3) is 0 Å². The summed E-state index contributed by atoms with van der Waals surface area (Å²) in [5.74, 6) is -0.0772. The lowest BCUT2D eigenvalue weighted by molar-refractivity contribution is -0.120. The van der Waals surface area contributed by atoms with Gasteiger partial charge < -0.3 is 10.4 Å². The number of nitrogens with one attached hydrogen (secondary N) is 1. The Kier molecular flexibility index (Phi) is 5.87. The van der Waals surface area contributed by atoms with Crippen molar-refractivity contribution in [3.05, 3.63) is 92.6 Å². The average Bonchev–Trinajstić information content (AvgIpc) is 3.11. The molecule has 0 fully saturated rings. The first-order valence-electron chi connectivity index (χ1n) is 7.95. The number of amides is 1. The molecule has 0 spiro atoms. The number of hydrogen-bond acceptors (Lipinski definition) is 3. The van der Waals surface area contributed by atoms with E-state index in [1.54, 1.807) is 6.07 Å². The van der Waals surface area contributed by atoms with Gasteiger partial charge in [-0.15, -0.1) is 11.3 Å². The number of halogens is 1. The number of rotatable bonds is 6. The van der Waals surface area contributed by atoms with Gasteiger partial charge in [-0.25, -0.2) is 0 Å². The Morgan fingerprint density at radius 2 is 1.76 bits per heavy atom. The molecule has 25 heavy (non-hydrogen) atoms. The molecule has 0 bridgehead atoms. The molecule has 128 valence electrons. The van der Waals surface area contributed by atoms with Crippen LogP contribution < -0.4 is 5.32 Å². The van der Waals surface area contributed by atoms with Crippen molar-refractivity contribution in [2.75, 3.05) is 0 Å². The van der Waals surface area contributed by atoms with Crippen LogP contribution in [-0.4, -0.2) is 11.0 Å². The Bertz CT molecular complexity index is 848. The van der Waals surface area contributed by atoms with E-state index < -0.39 is 6.10 Å². The lowest BCUT2D eigenvalue weighted by atomic mass is 10.1. The van der Waals surface area contributed by atoms with E-state index in [0.717, 1.165) is 20.9 Å². The van der Waals surface area contributed by atoms with E-state index in [0.29, 0.717) is 11.6 Å². The molecule has 3 aromatic rings. The molecule has 1 amide bonds. The third-order valence-corrected chi connectivity index (χ3v) is 5.34. The fourth-order valence-electron chi connectivity index (χ4n) is 2.50. The third kappa shape index (κ3) is 4.69. The van der Waals surface area contributed by atoms with Crippen molar-refractivity contribution >= 4 is 28.8 Å². The van der Waals surface area contributed by atoms with Gasteiger partial charge in [0.05, 0.1) is 13.0 Å². The maximum atomic E-state index is 12.1. The van der Waals surface area contributed by atoms with Gasteiger partial charge in [0.1, 0.15) is 6.10 Å². The van der Waals surface area contributed by atoms with Crippen molar-refractivity contribution in [1.29, 1.82) is 0 Å². The fourth-order valence-corrected chi connectivity index (χ4v) is 3.67. The van der Waals surface area contributed by atoms with Crippen LogP contribution in [0.5, 0.6) is 0 Å². The van der Waals surface area contributed by atoms with Crippen LogP contribution in [0.1, 0.15) is 27.0 Å². The monoisotopic (exact) mass is 371 g/mol. The zero-order valence-corrected chi connectivity index (χ0v) is 15.1. The Balaban J connectivity index is 1.57. The maximum Gasteiger partial charge on any atom is 0.224 e. The van der Waals surface area contributed by atoms with Gasteiger partial charge in [0.2, 0.25) is 5.91 Å². The molecule has 1 unspecified atom stereocenters. The van der Waals surface area contributed by atoms with Crippen molar-refractivity contribution in [2.45, 2.75) is 19.1 Å². The average molecular weight is 372 g/mol. The minimum atomic E-state index is -0.640. The van der Waals surface area contributed by atoms with E-state index in [1.165, 1.54) is 11.3 Å². The number of carbonyl (C=O) groups is 1. The number of aliphatic hydroxyl groups is 1. The summed E-state index contributed by atoms with van der Waals surface area (Å²) < 4.78 is 0. The molecule has 2 N–H and O–H groups in total. The van der Waals surface area contributed by atoms with Crippen molar-refractivity contribution in [2.24, 2.45) is 0 Å². The van der Waals surface area contributed by atoms with E-state index in [-0.39, 0.29) is 12.3 Å². The fraction of sp³-hybridized carbons (Fsp3) is 0.150. The lowest BCUT2D eigenvalue weighted by Gasteiger charge is -2.08. The summed E-state index contributed by atoms with van der Waals surface area (Å²) in [4.78, 5) is 13.9. The normalized spacial score (nSPS) is 11.9. The number of aliphatic hydroxyl groups excluding tert-OH is 1. The van der Waals surface area contributed by atoms with E-state index in [2.05, 4.69) is 5.32 Å². The van der Waals surface area contributed by atoms with Gasteiger partial charge in [-0.1, -0.05) is 60.1 Å². The summed E-state index contributed by atoms with van der Waals surface area (Å²) in [6.45, 7) is 0.440. The molecular formula is C20H18ClNO2S. The molecule has 0 saturated heterocycles. The summed E-state index contributed by atoms with van der Waals surface area (Å²) in [5.41, 5.74) is 1.67. The van der Waals surface area contributed by atoms with Crippen LogP contribution in [0.3, 0.4) is 0 Å². The molecule has 0 aliphatic heterocycles. The van der Waals surface area contributed by atoms with E-state index in [1.807, 2.05) is 60.7 Å². The standard InChI is InChI=1S/C20H18ClNO2S/c21-17-9-5-4-8-15(17)12-19(23)22-13-16-10-11-18(25-16)20(24)14-6-2-1-3-7-14/h1-11,20,24H,12-13H2,(H,22,23). The van der Waals surface area contributed by atoms with Crippen LogP contribution >= 0.6 is 22.9 Å². The van der Waals surface area contributed by atoms with Gasteiger partial charge in [0.25, 0.3) is 0 Å². The Hall–Kier alpha value is -2.14. The Morgan fingerprint density at radius 1 is 1.04 bits per heavy atom. The summed E-state index contributed by atoms with van der Waals surface area (Å²) in [7, 11) is 0. The minimum Gasteiger partial charge on any atom is -0.383 e. The summed E-state index contributed by atoms with van der Waals surface area (Å²) in [6.07, 6.45) is -0.386. The number of thiophene rings is 1. The largest absolute Gasteiger partial charge is 0.383 e. The maximum absolute atomic E-state index is 12.1. The topological polar surface area (TPSA) is 49.3 Å². The van der Waals surface area contributed by atoms with Crippen molar-refractivity contribution in [3.8, 4) is 0 Å². The minimum absolute atomic E-state index is 0.0772. The van der Waals surface area contributed by atoms with Gasteiger partial charge in [0.15, 0.2) is 0 Å². The highest BCUT2D eigenvalue weighted by Crippen LogP contribution is 2.28. The summed E-state index contributed by atoms with van der Waals surface area (Å²) in [6, 6.07) is 20.7. The molecule has 3 rings (SSSR count). The second-order valence-corrected chi connectivity index (χ2v) is 7.27. The van der Waals surface area contributed by atoms with E-state index in [4.69, 9.17) is 11.6 Å². The second kappa shape index (κ2) is 8.30. The Labute approximate surface area is 155 Å². The summed E-state index contributed by atoms with van der Waals surface area (Å²) >= 11 is 7.57. The molecule has 0 aliphatic carbocycles. The quantitative estimate of drug-likeness (QED) is 0.677. The van der Waals surface area contributed by atoms with E-state index >= 15 is 0 Å².